The molecule has 54 valence electrons. The van der Waals surface area contributed by atoms with Gasteiger partial charge in [0.2, 0.25) is 0 Å². The second kappa shape index (κ2) is 3.32. The summed E-state index contributed by atoms with van der Waals surface area (Å²) in [5, 5.41) is 0. The summed E-state index contributed by atoms with van der Waals surface area (Å²) in [5.74, 6) is -0.103. The average molecular weight is 250 g/mol. The molecule has 0 aliphatic heterocycles. The van der Waals surface area contributed by atoms with Gasteiger partial charge in [-0.2, -0.15) is 0 Å². The van der Waals surface area contributed by atoms with Gasteiger partial charge < -0.3 is 0 Å². The lowest BCUT2D eigenvalue weighted by Gasteiger charge is -1.97. The van der Waals surface area contributed by atoms with E-state index in [9.17, 15) is 4.39 Å². The van der Waals surface area contributed by atoms with Crippen LogP contribution in [0.2, 0.25) is 0 Å². The molecule has 0 unspecified atom stereocenters. The molecular formula is C8H8FI. The monoisotopic (exact) mass is 250 g/mol. The van der Waals surface area contributed by atoms with Crippen LogP contribution in [0.4, 0.5) is 4.39 Å². The van der Waals surface area contributed by atoms with Crippen molar-refractivity contribution >= 4 is 22.6 Å². The molecule has 0 aliphatic carbocycles. The third kappa shape index (κ3) is 1.68. The van der Waals surface area contributed by atoms with Gasteiger partial charge in [-0.3, -0.25) is 0 Å². The molecule has 1 aromatic carbocycles. The summed E-state index contributed by atoms with van der Waals surface area (Å²) in [5.41, 5.74) is 1.76. The molecule has 2 heteroatoms. The van der Waals surface area contributed by atoms with E-state index in [1.54, 1.807) is 13.0 Å². The molecule has 10 heavy (non-hydrogen) atoms. The molecule has 1 aromatic rings. The van der Waals surface area contributed by atoms with Crippen molar-refractivity contribution in [2.75, 3.05) is 0 Å². The molecule has 0 radical (unpaired) electrons. The maximum atomic E-state index is 12.8. The van der Waals surface area contributed by atoms with Gasteiger partial charge in [0.15, 0.2) is 0 Å². The molecule has 0 atom stereocenters. The predicted octanol–water partition coefficient (Wildman–Crippen LogP) is 3.07. The van der Waals surface area contributed by atoms with Gasteiger partial charge in [0.05, 0.1) is 0 Å². The highest BCUT2D eigenvalue weighted by Gasteiger charge is 1.96. The highest BCUT2D eigenvalue weighted by atomic mass is 127. The van der Waals surface area contributed by atoms with Crippen molar-refractivity contribution in [2.24, 2.45) is 0 Å². The van der Waals surface area contributed by atoms with Gasteiger partial charge in [-0.05, 0) is 24.1 Å². The van der Waals surface area contributed by atoms with E-state index in [1.165, 1.54) is 0 Å². The molecule has 0 nitrogen and oxygen atoms in total. The fourth-order valence-electron chi connectivity index (χ4n) is 0.719. The second-order valence-electron chi connectivity index (χ2n) is 2.22. The lowest BCUT2D eigenvalue weighted by molar-refractivity contribution is 0.617. The normalized spacial score (nSPS) is 9.90. The quantitative estimate of drug-likeness (QED) is 0.530. The number of benzene rings is 1. The summed E-state index contributed by atoms with van der Waals surface area (Å²) in [6, 6.07) is 5.34. The van der Waals surface area contributed by atoms with E-state index in [-0.39, 0.29) is 5.82 Å². The maximum Gasteiger partial charge on any atom is 0.126 e. The minimum absolute atomic E-state index is 0.103. The first-order valence-electron chi connectivity index (χ1n) is 3.05. The van der Waals surface area contributed by atoms with Crippen LogP contribution in [-0.4, -0.2) is 0 Å². The first-order valence-corrected chi connectivity index (χ1v) is 4.57. The molecule has 0 bridgehead atoms. The highest BCUT2D eigenvalue weighted by Crippen LogP contribution is 2.11. The summed E-state index contributed by atoms with van der Waals surface area (Å²) in [6.45, 7) is 1.77. The Labute approximate surface area is 73.6 Å². The Kier molecular flexibility index (Phi) is 2.65. The van der Waals surface area contributed by atoms with Crippen molar-refractivity contribution in [3.8, 4) is 0 Å². The lowest BCUT2D eigenvalue weighted by atomic mass is 10.2. The minimum Gasteiger partial charge on any atom is -0.207 e. The van der Waals surface area contributed by atoms with Crippen LogP contribution >= 0.6 is 22.6 Å². The summed E-state index contributed by atoms with van der Waals surface area (Å²) in [6.07, 6.45) is 0. The van der Waals surface area contributed by atoms with Gasteiger partial charge in [-0.15, -0.1) is 0 Å². The maximum absolute atomic E-state index is 12.8. The van der Waals surface area contributed by atoms with Crippen LogP contribution in [0.25, 0.3) is 0 Å². The number of aryl methyl sites for hydroxylation is 1. The van der Waals surface area contributed by atoms with Crippen molar-refractivity contribution in [3.63, 3.8) is 0 Å². The number of rotatable bonds is 1. The molecule has 0 fully saturated rings. The summed E-state index contributed by atoms with van der Waals surface area (Å²) in [4.78, 5) is 0. The Morgan fingerprint density at radius 1 is 1.50 bits per heavy atom. The molecule has 0 amide bonds. The number of halogens is 2. The van der Waals surface area contributed by atoms with E-state index in [1.807, 2.05) is 12.1 Å². The van der Waals surface area contributed by atoms with Crippen molar-refractivity contribution in [3.05, 3.63) is 35.1 Å². The second-order valence-corrected chi connectivity index (χ2v) is 2.98. The fraction of sp³-hybridized carbons (Fsp3) is 0.250. The number of hydrogen-bond acceptors (Lipinski definition) is 0. The largest absolute Gasteiger partial charge is 0.207 e. The summed E-state index contributed by atoms with van der Waals surface area (Å²) in [7, 11) is 0. The Morgan fingerprint density at radius 3 is 2.70 bits per heavy atom. The van der Waals surface area contributed by atoms with Crippen LogP contribution in [-0.2, 0) is 4.43 Å². The number of hydrogen-bond donors (Lipinski definition) is 0. The number of alkyl halides is 1. The zero-order chi connectivity index (χ0) is 7.56. The van der Waals surface area contributed by atoms with Crippen molar-refractivity contribution in [1.82, 2.24) is 0 Å². The molecule has 0 aromatic heterocycles. The predicted molar refractivity (Wildman–Crippen MR) is 48.9 cm³/mol. The molecule has 0 heterocycles. The van der Waals surface area contributed by atoms with Crippen molar-refractivity contribution < 1.29 is 4.39 Å². The van der Waals surface area contributed by atoms with Crippen LogP contribution in [0.1, 0.15) is 11.1 Å². The van der Waals surface area contributed by atoms with Gasteiger partial charge in [-0.1, -0.05) is 34.7 Å². The zero-order valence-electron chi connectivity index (χ0n) is 5.70. The SMILES string of the molecule is Cc1ccc(CI)cc1F. The van der Waals surface area contributed by atoms with E-state index < -0.39 is 0 Å². The molecule has 0 saturated heterocycles. The van der Waals surface area contributed by atoms with E-state index in [4.69, 9.17) is 0 Å². The molecule has 0 saturated carbocycles. The van der Waals surface area contributed by atoms with Crippen LogP contribution in [0, 0.1) is 12.7 Å². The highest BCUT2D eigenvalue weighted by molar-refractivity contribution is 14.1. The van der Waals surface area contributed by atoms with Crippen molar-refractivity contribution in [1.29, 1.82) is 0 Å². The standard InChI is InChI=1S/C8H8FI/c1-6-2-3-7(5-10)4-8(6)9/h2-4H,5H2,1H3. The Balaban J connectivity index is 3.04. The van der Waals surface area contributed by atoms with E-state index in [0.29, 0.717) is 5.56 Å². The van der Waals surface area contributed by atoms with Gasteiger partial charge >= 0.3 is 0 Å². The minimum atomic E-state index is -0.103. The van der Waals surface area contributed by atoms with Gasteiger partial charge in [0.1, 0.15) is 5.82 Å². The molecule has 0 aliphatic rings. The van der Waals surface area contributed by atoms with Crippen molar-refractivity contribution in [2.45, 2.75) is 11.4 Å². The van der Waals surface area contributed by atoms with Crippen LogP contribution < -0.4 is 0 Å². The lowest BCUT2D eigenvalue weighted by Crippen LogP contribution is -1.83. The van der Waals surface area contributed by atoms with E-state index >= 15 is 0 Å². The summed E-state index contributed by atoms with van der Waals surface area (Å²) < 4.78 is 13.6. The first-order chi connectivity index (χ1) is 4.74. The first kappa shape index (κ1) is 7.98. The Bertz CT molecular complexity index is 233. The van der Waals surface area contributed by atoms with Gasteiger partial charge in [0, 0.05) is 4.43 Å². The Hall–Kier alpha value is -0.120. The topological polar surface area (TPSA) is 0 Å². The summed E-state index contributed by atoms with van der Waals surface area (Å²) >= 11 is 2.22. The molecule has 0 N–H and O–H groups in total. The molecule has 0 spiro atoms. The van der Waals surface area contributed by atoms with Gasteiger partial charge in [-0.25, -0.2) is 4.39 Å². The van der Waals surface area contributed by atoms with Crippen LogP contribution in [0.3, 0.4) is 0 Å². The Morgan fingerprint density at radius 2 is 2.20 bits per heavy atom. The van der Waals surface area contributed by atoms with Crippen LogP contribution in [0.5, 0.6) is 0 Å². The van der Waals surface area contributed by atoms with Gasteiger partial charge in [0.25, 0.3) is 0 Å². The van der Waals surface area contributed by atoms with Crippen LogP contribution in [0.15, 0.2) is 18.2 Å². The van der Waals surface area contributed by atoms with E-state index in [2.05, 4.69) is 22.6 Å². The molecular weight excluding hydrogens is 242 g/mol. The fourth-order valence-corrected chi connectivity index (χ4v) is 1.19. The third-order valence-corrected chi connectivity index (χ3v) is 2.27. The molecule has 1 rings (SSSR count). The smallest absolute Gasteiger partial charge is 0.126 e. The van der Waals surface area contributed by atoms with E-state index in [0.717, 1.165) is 9.99 Å². The average Bonchev–Trinajstić information content (AvgIpc) is 1.95. The third-order valence-electron chi connectivity index (χ3n) is 1.39. The zero-order valence-corrected chi connectivity index (χ0v) is 7.85.